The Morgan fingerprint density at radius 2 is 2.23 bits per heavy atom. The van der Waals surface area contributed by atoms with Crippen molar-refractivity contribution in [2.45, 2.75) is 13.0 Å². The van der Waals surface area contributed by atoms with Crippen LogP contribution in [0, 0.1) is 0 Å². The van der Waals surface area contributed by atoms with Crippen LogP contribution in [0.1, 0.15) is 6.92 Å². The molecule has 13 heavy (non-hydrogen) atoms. The molecule has 1 atom stereocenters. The average Bonchev–Trinajstić information content (AvgIpc) is 1.96. The first kappa shape index (κ1) is 12.1. The van der Waals surface area contributed by atoms with Gasteiger partial charge in [-0.05, 0) is 21.0 Å². The monoisotopic (exact) mass is 186 g/mol. The molecule has 0 amide bonds. The van der Waals surface area contributed by atoms with Crippen molar-refractivity contribution in [1.82, 2.24) is 10.2 Å². The second kappa shape index (κ2) is 6.62. The number of nitrogens with one attached hydrogen (secondary N) is 1. The van der Waals surface area contributed by atoms with Crippen LogP contribution in [-0.2, 0) is 4.79 Å². The summed E-state index contributed by atoms with van der Waals surface area (Å²) in [5.41, 5.74) is 0. The van der Waals surface area contributed by atoms with Gasteiger partial charge < -0.3 is 15.3 Å². The third-order valence-electron chi connectivity index (χ3n) is 1.48. The molecule has 0 aromatic rings. The highest BCUT2D eigenvalue weighted by Crippen LogP contribution is 1.84. The van der Waals surface area contributed by atoms with Gasteiger partial charge in [-0.25, -0.2) is 4.79 Å². The molecule has 0 bridgehead atoms. The van der Waals surface area contributed by atoms with Gasteiger partial charge in [0.05, 0.1) is 0 Å². The first-order valence-electron chi connectivity index (χ1n) is 4.30. The number of hydrogen-bond acceptors (Lipinski definition) is 3. The average molecular weight is 186 g/mol. The Morgan fingerprint density at radius 3 is 2.69 bits per heavy atom. The molecule has 4 heteroatoms. The lowest BCUT2D eigenvalue weighted by atomic mass is 10.3. The first-order chi connectivity index (χ1) is 6.02. The van der Waals surface area contributed by atoms with Crippen LogP contribution in [0.3, 0.4) is 0 Å². The lowest BCUT2D eigenvalue weighted by molar-refractivity contribution is -0.131. The van der Waals surface area contributed by atoms with Crippen LogP contribution < -0.4 is 5.32 Å². The maximum atomic E-state index is 10.1. The van der Waals surface area contributed by atoms with Gasteiger partial charge in [0.25, 0.3) is 0 Å². The number of carboxylic acid groups (broad SMARTS) is 1. The van der Waals surface area contributed by atoms with Crippen molar-refractivity contribution >= 4 is 5.97 Å². The van der Waals surface area contributed by atoms with Crippen LogP contribution in [0.15, 0.2) is 12.2 Å². The summed E-state index contributed by atoms with van der Waals surface area (Å²) in [5.74, 6) is -0.901. The van der Waals surface area contributed by atoms with Crippen LogP contribution in [-0.4, -0.2) is 49.2 Å². The Hall–Kier alpha value is -0.870. The molecule has 4 nitrogen and oxygen atoms in total. The van der Waals surface area contributed by atoms with Crippen LogP contribution in [0.2, 0.25) is 0 Å². The summed E-state index contributed by atoms with van der Waals surface area (Å²) in [6, 6.07) is 0.369. The molecule has 0 aromatic heterocycles. The molecule has 0 rings (SSSR count). The van der Waals surface area contributed by atoms with E-state index in [0.29, 0.717) is 12.6 Å². The number of hydrogen-bond donors (Lipinski definition) is 2. The highest BCUT2D eigenvalue weighted by Gasteiger charge is 1.99. The van der Waals surface area contributed by atoms with Gasteiger partial charge in [0.15, 0.2) is 0 Å². The summed E-state index contributed by atoms with van der Waals surface area (Å²) in [6.45, 7) is 3.61. The van der Waals surface area contributed by atoms with E-state index in [2.05, 4.69) is 17.1 Å². The van der Waals surface area contributed by atoms with Gasteiger partial charge in [-0.3, -0.25) is 0 Å². The largest absolute Gasteiger partial charge is 0.478 e. The minimum Gasteiger partial charge on any atom is -0.478 e. The topological polar surface area (TPSA) is 52.6 Å². The van der Waals surface area contributed by atoms with Crippen LogP contribution >= 0.6 is 0 Å². The van der Waals surface area contributed by atoms with Crippen molar-refractivity contribution in [3.8, 4) is 0 Å². The molecule has 1 unspecified atom stereocenters. The third kappa shape index (κ3) is 9.04. The molecule has 0 aliphatic carbocycles. The molecule has 0 heterocycles. The number of aliphatic carboxylic acids is 1. The van der Waals surface area contributed by atoms with Gasteiger partial charge in [0.2, 0.25) is 0 Å². The Labute approximate surface area is 79.2 Å². The van der Waals surface area contributed by atoms with E-state index < -0.39 is 5.97 Å². The van der Waals surface area contributed by atoms with Gasteiger partial charge in [-0.1, -0.05) is 6.08 Å². The quantitative estimate of drug-likeness (QED) is 0.580. The van der Waals surface area contributed by atoms with Crippen LogP contribution in [0.4, 0.5) is 0 Å². The van der Waals surface area contributed by atoms with Gasteiger partial charge in [0.1, 0.15) is 0 Å². The molecular formula is C9H18N2O2. The van der Waals surface area contributed by atoms with E-state index in [1.165, 1.54) is 0 Å². The molecule has 0 spiro atoms. The van der Waals surface area contributed by atoms with Crippen LogP contribution in [0.25, 0.3) is 0 Å². The molecule has 0 aromatic carbocycles. The second-order valence-corrected chi connectivity index (χ2v) is 3.31. The third-order valence-corrected chi connectivity index (χ3v) is 1.48. The van der Waals surface area contributed by atoms with E-state index in [4.69, 9.17) is 5.11 Å². The van der Waals surface area contributed by atoms with Gasteiger partial charge >= 0.3 is 5.97 Å². The summed E-state index contributed by atoms with van der Waals surface area (Å²) >= 11 is 0. The second-order valence-electron chi connectivity index (χ2n) is 3.31. The SMILES string of the molecule is CC(CN(C)C)NC/C=C/C(=O)O. The zero-order valence-corrected chi connectivity index (χ0v) is 8.45. The number of carboxylic acids is 1. The van der Waals surface area contributed by atoms with E-state index in [1.54, 1.807) is 6.08 Å². The van der Waals surface area contributed by atoms with Crippen molar-refractivity contribution in [3.63, 3.8) is 0 Å². The van der Waals surface area contributed by atoms with E-state index in [1.807, 2.05) is 14.1 Å². The Balaban J connectivity index is 3.47. The van der Waals surface area contributed by atoms with Gasteiger partial charge in [0, 0.05) is 25.2 Å². The molecule has 0 saturated heterocycles. The maximum absolute atomic E-state index is 10.1. The molecule has 0 fully saturated rings. The lowest BCUT2D eigenvalue weighted by Crippen LogP contribution is -2.35. The molecule has 0 aliphatic heterocycles. The molecule has 0 aliphatic rings. The summed E-state index contributed by atoms with van der Waals surface area (Å²) in [7, 11) is 4.01. The van der Waals surface area contributed by atoms with Crippen molar-refractivity contribution in [2.75, 3.05) is 27.2 Å². The van der Waals surface area contributed by atoms with E-state index in [0.717, 1.165) is 12.6 Å². The van der Waals surface area contributed by atoms with Crippen molar-refractivity contribution in [1.29, 1.82) is 0 Å². The molecule has 0 saturated carbocycles. The Morgan fingerprint density at radius 1 is 1.62 bits per heavy atom. The number of rotatable bonds is 6. The number of carbonyl (C=O) groups is 1. The predicted octanol–water partition coefficient (Wildman–Crippen LogP) is 0.167. The number of likely N-dealkylation sites (N-methyl/N-ethyl adjacent to an activating group) is 1. The maximum Gasteiger partial charge on any atom is 0.328 e. The smallest absolute Gasteiger partial charge is 0.328 e. The van der Waals surface area contributed by atoms with Crippen LogP contribution in [0.5, 0.6) is 0 Å². The zero-order valence-electron chi connectivity index (χ0n) is 8.45. The fourth-order valence-corrected chi connectivity index (χ4v) is 1.04. The lowest BCUT2D eigenvalue weighted by Gasteiger charge is -2.17. The van der Waals surface area contributed by atoms with Gasteiger partial charge in [-0.15, -0.1) is 0 Å². The Bertz CT molecular complexity index is 178. The fraction of sp³-hybridized carbons (Fsp3) is 0.667. The Kier molecular flexibility index (Phi) is 6.18. The van der Waals surface area contributed by atoms with Crippen molar-refractivity contribution < 1.29 is 9.90 Å². The molecular weight excluding hydrogens is 168 g/mol. The van der Waals surface area contributed by atoms with Crippen molar-refractivity contribution in [3.05, 3.63) is 12.2 Å². The summed E-state index contributed by atoms with van der Waals surface area (Å²) in [5, 5.41) is 11.5. The van der Waals surface area contributed by atoms with Gasteiger partial charge in [-0.2, -0.15) is 0 Å². The normalized spacial score (nSPS) is 13.8. The standard InChI is InChI=1S/C9H18N2O2/c1-8(7-11(2)3)10-6-4-5-9(12)13/h4-5,8,10H,6-7H2,1-3H3,(H,12,13)/b5-4+. The highest BCUT2D eigenvalue weighted by atomic mass is 16.4. The first-order valence-corrected chi connectivity index (χ1v) is 4.30. The summed E-state index contributed by atoms with van der Waals surface area (Å²) in [4.78, 5) is 12.2. The van der Waals surface area contributed by atoms with E-state index in [9.17, 15) is 4.79 Å². The highest BCUT2D eigenvalue weighted by molar-refractivity contribution is 5.79. The van der Waals surface area contributed by atoms with E-state index in [-0.39, 0.29) is 0 Å². The number of nitrogens with zero attached hydrogens (tertiary/aromatic N) is 1. The molecule has 76 valence electrons. The minimum absolute atomic E-state index is 0.369. The summed E-state index contributed by atoms with van der Waals surface area (Å²) < 4.78 is 0. The van der Waals surface area contributed by atoms with Crippen molar-refractivity contribution in [2.24, 2.45) is 0 Å². The molecule has 2 N–H and O–H groups in total. The minimum atomic E-state index is -0.901. The summed E-state index contributed by atoms with van der Waals surface area (Å²) in [6.07, 6.45) is 2.75. The predicted molar refractivity (Wildman–Crippen MR) is 52.8 cm³/mol. The molecule has 0 radical (unpaired) electrons. The zero-order chi connectivity index (χ0) is 10.3. The van der Waals surface area contributed by atoms with E-state index >= 15 is 0 Å². The fourth-order valence-electron chi connectivity index (χ4n) is 1.04.